The van der Waals surface area contributed by atoms with Crippen molar-refractivity contribution in [3.05, 3.63) is 29.8 Å². The Hall–Kier alpha value is -1.55. The summed E-state index contributed by atoms with van der Waals surface area (Å²) < 4.78 is 5.62. The van der Waals surface area contributed by atoms with Crippen LogP contribution in [0.3, 0.4) is 0 Å². The van der Waals surface area contributed by atoms with E-state index in [-0.39, 0.29) is 29.6 Å². The minimum Gasteiger partial charge on any atom is -0.484 e. The number of carbonyl (C=O) groups excluding carboxylic acids is 1. The van der Waals surface area contributed by atoms with Crippen LogP contribution in [-0.2, 0) is 4.79 Å². The lowest BCUT2D eigenvalue weighted by atomic mass is 9.79. The summed E-state index contributed by atoms with van der Waals surface area (Å²) in [6, 6.07) is 8.14. The molecule has 1 aromatic rings. The van der Waals surface area contributed by atoms with Crippen LogP contribution in [0.25, 0.3) is 0 Å². The van der Waals surface area contributed by atoms with Crippen LogP contribution in [0.15, 0.2) is 24.3 Å². The van der Waals surface area contributed by atoms with E-state index >= 15 is 0 Å². The van der Waals surface area contributed by atoms with Crippen molar-refractivity contribution in [1.82, 2.24) is 10.6 Å². The zero-order chi connectivity index (χ0) is 18.0. The monoisotopic (exact) mass is 332 g/mol. The first-order chi connectivity index (χ1) is 11.1. The van der Waals surface area contributed by atoms with E-state index in [0.29, 0.717) is 5.92 Å². The standard InChI is InChI=1S/C20H32N2O2/c1-14(2)15-7-9-17(10-8-15)24-13-18(23)21-16-11-19(3,4)22-20(5,6)12-16/h7-10,14,16,22H,11-13H2,1-6H3,(H,21,23). The maximum atomic E-state index is 12.2. The van der Waals surface area contributed by atoms with Gasteiger partial charge in [-0.15, -0.1) is 0 Å². The first kappa shape index (κ1) is 18.8. The number of hydrogen-bond acceptors (Lipinski definition) is 3. The molecule has 2 N–H and O–H groups in total. The molecule has 1 heterocycles. The van der Waals surface area contributed by atoms with Crippen LogP contribution in [-0.4, -0.2) is 29.6 Å². The average molecular weight is 332 g/mol. The lowest BCUT2D eigenvalue weighted by molar-refractivity contribution is -0.124. The zero-order valence-electron chi connectivity index (χ0n) is 15.9. The van der Waals surface area contributed by atoms with Gasteiger partial charge in [-0.05, 0) is 64.2 Å². The fraction of sp³-hybridized carbons (Fsp3) is 0.650. The van der Waals surface area contributed by atoms with Crippen molar-refractivity contribution in [2.24, 2.45) is 0 Å². The van der Waals surface area contributed by atoms with Crippen molar-refractivity contribution in [2.45, 2.75) is 77.4 Å². The Bertz CT molecular complexity index is 546. The van der Waals surface area contributed by atoms with Crippen LogP contribution >= 0.6 is 0 Å². The van der Waals surface area contributed by atoms with Gasteiger partial charge in [0.1, 0.15) is 5.75 Å². The third-order valence-corrected chi connectivity index (χ3v) is 4.47. The highest BCUT2D eigenvalue weighted by molar-refractivity contribution is 5.77. The molecule has 0 atom stereocenters. The van der Waals surface area contributed by atoms with Gasteiger partial charge in [-0.2, -0.15) is 0 Å². The molecule has 24 heavy (non-hydrogen) atoms. The van der Waals surface area contributed by atoms with Crippen LogP contribution in [0.1, 0.15) is 65.9 Å². The van der Waals surface area contributed by atoms with Crippen molar-refractivity contribution in [3.63, 3.8) is 0 Å². The van der Waals surface area contributed by atoms with Crippen molar-refractivity contribution in [1.29, 1.82) is 0 Å². The second-order valence-electron chi connectivity index (χ2n) is 8.58. The summed E-state index contributed by atoms with van der Waals surface area (Å²) in [5, 5.41) is 6.75. The fourth-order valence-electron chi connectivity index (χ4n) is 3.79. The largest absolute Gasteiger partial charge is 0.484 e. The normalized spacial score (nSPS) is 20.0. The average Bonchev–Trinajstić information content (AvgIpc) is 2.42. The molecule has 0 spiro atoms. The van der Waals surface area contributed by atoms with E-state index in [4.69, 9.17) is 4.74 Å². The van der Waals surface area contributed by atoms with Crippen LogP contribution in [0.5, 0.6) is 5.75 Å². The summed E-state index contributed by atoms with van der Waals surface area (Å²) in [4.78, 5) is 12.2. The van der Waals surface area contributed by atoms with E-state index in [0.717, 1.165) is 18.6 Å². The quantitative estimate of drug-likeness (QED) is 0.866. The van der Waals surface area contributed by atoms with Gasteiger partial charge in [0.2, 0.25) is 0 Å². The van der Waals surface area contributed by atoms with E-state index in [1.54, 1.807) is 0 Å². The molecule has 134 valence electrons. The SMILES string of the molecule is CC(C)c1ccc(OCC(=O)NC2CC(C)(C)NC(C)(C)C2)cc1. The molecule has 4 nitrogen and oxygen atoms in total. The van der Waals surface area contributed by atoms with Crippen molar-refractivity contribution in [2.75, 3.05) is 6.61 Å². The fourth-order valence-corrected chi connectivity index (χ4v) is 3.79. The topological polar surface area (TPSA) is 50.4 Å². The predicted octanol–water partition coefficient (Wildman–Crippen LogP) is 3.61. The van der Waals surface area contributed by atoms with Gasteiger partial charge in [0.15, 0.2) is 6.61 Å². The summed E-state index contributed by atoms with van der Waals surface area (Å²) in [6.07, 6.45) is 1.84. The van der Waals surface area contributed by atoms with Gasteiger partial charge in [0.05, 0.1) is 0 Å². The molecule has 2 rings (SSSR count). The first-order valence-corrected chi connectivity index (χ1v) is 8.88. The van der Waals surface area contributed by atoms with Crippen molar-refractivity contribution >= 4 is 5.91 Å². The molecule has 0 radical (unpaired) electrons. The number of hydrogen-bond donors (Lipinski definition) is 2. The van der Waals surface area contributed by atoms with Gasteiger partial charge in [-0.1, -0.05) is 26.0 Å². The lowest BCUT2D eigenvalue weighted by Crippen LogP contribution is -2.62. The predicted molar refractivity (Wildman–Crippen MR) is 98.5 cm³/mol. The smallest absolute Gasteiger partial charge is 0.258 e. The number of ether oxygens (including phenoxy) is 1. The molecule has 4 heteroatoms. The maximum Gasteiger partial charge on any atom is 0.258 e. The lowest BCUT2D eigenvalue weighted by Gasteiger charge is -2.46. The number of amides is 1. The summed E-state index contributed by atoms with van der Waals surface area (Å²) in [5.41, 5.74) is 1.31. The Morgan fingerprint density at radius 2 is 1.71 bits per heavy atom. The van der Waals surface area contributed by atoms with E-state index in [9.17, 15) is 4.79 Å². The van der Waals surface area contributed by atoms with E-state index in [2.05, 4.69) is 64.3 Å². The molecular formula is C20H32N2O2. The van der Waals surface area contributed by atoms with Gasteiger partial charge >= 0.3 is 0 Å². The number of piperidine rings is 1. The second-order valence-corrected chi connectivity index (χ2v) is 8.58. The van der Waals surface area contributed by atoms with E-state index < -0.39 is 0 Å². The summed E-state index contributed by atoms with van der Waals surface area (Å²) in [6.45, 7) is 13.1. The molecule has 1 saturated heterocycles. The van der Waals surface area contributed by atoms with Crippen LogP contribution in [0.4, 0.5) is 0 Å². The molecule has 1 aliphatic rings. The summed E-state index contributed by atoms with van der Waals surface area (Å²) in [7, 11) is 0. The summed E-state index contributed by atoms with van der Waals surface area (Å²) >= 11 is 0. The van der Waals surface area contributed by atoms with Gasteiger partial charge < -0.3 is 15.4 Å². The van der Waals surface area contributed by atoms with Crippen molar-refractivity contribution in [3.8, 4) is 5.75 Å². The molecule has 1 aliphatic heterocycles. The van der Waals surface area contributed by atoms with Gasteiger partial charge in [0, 0.05) is 17.1 Å². The highest BCUT2D eigenvalue weighted by Crippen LogP contribution is 2.28. The van der Waals surface area contributed by atoms with E-state index in [1.165, 1.54) is 5.56 Å². The molecular weight excluding hydrogens is 300 g/mol. The molecule has 0 unspecified atom stereocenters. The highest BCUT2D eigenvalue weighted by atomic mass is 16.5. The Balaban J connectivity index is 1.84. The maximum absolute atomic E-state index is 12.2. The minimum absolute atomic E-state index is 0.0211. The third-order valence-electron chi connectivity index (χ3n) is 4.47. The number of carbonyl (C=O) groups is 1. The van der Waals surface area contributed by atoms with Crippen LogP contribution < -0.4 is 15.4 Å². The number of rotatable bonds is 5. The van der Waals surface area contributed by atoms with Gasteiger partial charge in [-0.25, -0.2) is 0 Å². The Labute approximate surface area is 146 Å². The highest BCUT2D eigenvalue weighted by Gasteiger charge is 2.38. The Morgan fingerprint density at radius 3 is 2.21 bits per heavy atom. The molecule has 0 aliphatic carbocycles. The zero-order valence-corrected chi connectivity index (χ0v) is 15.9. The molecule has 1 fully saturated rings. The Morgan fingerprint density at radius 1 is 1.17 bits per heavy atom. The number of benzene rings is 1. The molecule has 0 aromatic heterocycles. The molecule has 0 saturated carbocycles. The first-order valence-electron chi connectivity index (χ1n) is 8.88. The van der Waals surface area contributed by atoms with E-state index in [1.807, 2.05) is 12.1 Å². The van der Waals surface area contributed by atoms with Crippen molar-refractivity contribution < 1.29 is 9.53 Å². The van der Waals surface area contributed by atoms with Gasteiger partial charge in [0.25, 0.3) is 5.91 Å². The Kier molecular flexibility index (Phi) is 5.59. The molecule has 1 aromatic carbocycles. The molecule has 0 bridgehead atoms. The van der Waals surface area contributed by atoms with Crippen LogP contribution in [0, 0.1) is 0 Å². The molecule has 1 amide bonds. The second kappa shape index (κ2) is 7.14. The van der Waals surface area contributed by atoms with Crippen LogP contribution in [0.2, 0.25) is 0 Å². The number of nitrogens with one attached hydrogen (secondary N) is 2. The summed E-state index contributed by atoms with van der Waals surface area (Å²) in [5.74, 6) is 1.18. The van der Waals surface area contributed by atoms with Gasteiger partial charge in [-0.3, -0.25) is 4.79 Å². The minimum atomic E-state index is -0.0542. The third kappa shape index (κ3) is 5.52.